The number of hydrogen-bond donors (Lipinski definition) is 0. The number of carbonyl (C=O) groups is 1. The van der Waals surface area contributed by atoms with E-state index in [4.69, 9.17) is 5.26 Å². The number of rotatable bonds is 5. The van der Waals surface area contributed by atoms with E-state index in [1.165, 1.54) is 10.4 Å². The summed E-state index contributed by atoms with van der Waals surface area (Å²) in [6.45, 7) is 5.53. The van der Waals surface area contributed by atoms with Crippen molar-refractivity contribution in [2.75, 3.05) is 13.1 Å². The van der Waals surface area contributed by atoms with E-state index in [9.17, 15) is 4.79 Å². The lowest BCUT2D eigenvalue weighted by molar-refractivity contribution is -0.133. The van der Waals surface area contributed by atoms with Crippen LogP contribution in [0.15, 0.2) is 11.4 Å². The number of hydrogen-bond acceptors (Lipinski definition) is 3. The molecule has 3 nitrogen and oxygen atoms in total. The number of fused-ring (bicyclic) bond motifs is 1. The van der Waals surface area contributed by atoms with Crippen LogP contribution in [0, 0.1) is 17.2 Å². The van der Waals surface area contributed by atoms with Crippen molar-refractivity contribution in [1.29, 1.82) is 5.26 Å². The molecule has 2 rings (SSSR count). The van der Waals surface area contributed by atoms with Crippen molar-refractivity contribution in [3.05, 3.63) is 21.9 Å². The number of thiophene rings is 1. The molecule has 0 fully saturated rings. The Kier molecular flexibility index (Phi) is 5.19. The smallest absolute Gasteiger partial charge is 0.230 e. The van der Waals surface area contributed by atoms with E-state index in [1.54, 1.807) is 11.3 Å². The van der Waals surface area contributed by atoms with E-state index >= 15 is 0 Å². The Morgan fingerprint density at radius 3 is 3.10 bits per heavy atom. The first-order valence-electron chi connectivity index (χ1n) is 7.35. The van der Waals surface area contributed by atoms with Crippen molar-refractivity contribution in [3.8, 4) is 6.07 Å². The largest absolute Gasteiger partial charge is 0.341 e. The van der Waals surface area contributed by atoms with Gasteiger partial charge < -0.3 is 4.90 Å². The molecular weight excluding hydrogens is 268 g/mol. The van der Waals surface area contributed by atoms with Gasteiger partial charge in [0.15, 0.2) is 0 Å². The molecule has 1 heterocycles. The van der Waals surface area contributed by atoms with Crippen LogP contribution in [0.5, 0.6) is 0 Å². The fraction of sp³-hybridized carbons (Fsp3) is 0.625. The first-order chi connectivity index (χ1) is 9.63. The second kappa shape index (κ2) is 6.90. The number of nitriles is 1. The molecule has 0 N–H and O–H groups in total. The molecule has 1 unspecified atom stereocenters. The molecule has 0 bridgehead atoms. The maximum atomic E-state index is 12.8. The van der Waals surface area contributed by atoms with E-state index < -0.39 is 0 Å². The van der Waals surface area contributed by atoms with Crippen molar-refractivity contribution in [2.45, 2.75) is 45.4 Å². The lowest BCUT2D eigenvalue weighted by atomic mass is 9.86. The van der Waals surface area contributed by atoms with E-state index in [0.29, 0.717) is 18.9 Å². The summed E-state index contributed by atoms with van der Waals surface area (Å²) in [4.78, 5) is 16.1. The van der Waals surface area contributed by atoms with Gasteiger partial charge in [0.25, 0.3) is 0 Å². The maximum absolute atomic E-state index is 12.8. The molecule has 0 saturated carbocycles. The molecule has 0 radical (unpaired) electrons. The molecular formula is C16H22N2OS. The van der Waals surface area contributed by atoms with Gasteiger partial charge in [-0.25, -0.2) is 0 Å². The summed E-state index contributed by atoms with van der Waals surface area (Å²) in [7, 11) is 0. The van der Waals surface area contributed by atoms with Crippen LogP contribution in [0.3, 0.4) is 0 Å². The Morgan fingerprint density at radius 2 is 2.40 bits per heavy atom. The Labute approximate surface area is 125 Å². The summed E-state index contributed by atoms with van der Waals surface area (Å²) in [5, 5.41) is 10.9. The Hall–Kier alpha value is -1.34. The van der Waals surface area contributed by atoms with Gasteiger partial charge in [0.05, 0.1) is 18.4 Å². The van der Waals surface area contributed by atoms with E-state index in [0.717, 1.165) is 25.8 Å². The summed E-state index contributed by atoms with van der Waals surface area (Å²) in [5.74, 6) is 0.666. The van der Waals surface area contributed by atoms with E-state index in [-0.39, 0.29) is 11.8 Å². The molecule has 1 aromatic rings. The third-order valence-corrected chi connectivity index (χ3v) is 4.74. The van der Waals surface area contributed by atoms with Crippen molar-refractivity contribution in [2.24, 2.45) is 5.92 Å². The Morgan fingerprint density at radius 1 is 1.60 bits per heavy atom. The monoisotopic (exact) mass is 290 g/mol. The topological polar surface area (TPSA) is 44.1 Å². The third kappa shape index (κ3) is 3.40. The Balaban J connectivity index is 2.14. The van der Waals surface area contributed by atoms with E-state index in [2.05, 4.69) is 31.4 Å². The SMILES string of the molecule is CC(C)CN(CCC#N)C(=O)C1CCCc2sccc21. The molecule has 1 aliphatic carbocycles. The average molecular weight is 290 g/mol. The highest BCUT2D eigenvalue weighted by Gasteiger charge is 2.30. The van der Waals surface area contributed by atoms with Gasteiger partial charge in [0.2, 0.25) is 5.91 Å². The third-order valence-electron chi connectivity index (χ3n) is 3.74. The molecule has 0 spiro atoms. The van der Waals surface area contributed by atoms with Gasteiger partial charge in [-0.1, -0.05) is 13.8 Å². The summed E-state index contributed by atoms with van der Waals surface area (Å²) in [5.41, 5.74) is 1.23. The van der Waals surface area contributed by atoms with Crippen LogP contribution in [0.25, 0.3) is 0 Å². The minimum Gasteiger partial charge on any atom is -0.341 e. The van der Waals surface area contributed by atoms with Crippen LogP contribution in [0.2, 0.25) is 0 Å². The summed E-state index contributed by atoms with van der Waals surface area (Å²) in [6, 6.07) is 4.26. The van der Waals surface area contributed by atoms with Gasteiger partial charge in [-0.2, -0.15) is 5.26 Å². The quantitative estimate of drug-likeness (QED) is 0.832. The maximum Gasteiger partial charge on any atom is 0.230 e. The van der Waals surface area contributed by atoms with Gasteiger partial charge in [-0.15, -0.1) is 11.3 Å². The first-order valence-corrected chi connectivity index (χ1v) is 8.23. The van der Waals surface area contributed by atoms with Gasteiger partial charge in [-0.05, 0) is 42.2 Å². The summed E-state index contributed by atoms with van der Waals surface area (Å²) >= 11 is 1.77. The van der Waals surface area contributed by atoms with Crippen molar-refractivity contribution in [1.82, 2.24) is 4.90 Å². The van der Waals surface area contributed by atoms with Crippen LogP contribution in [0.4, 0.5) is 0 Å². The van der Waals surface area contributed by atoms with Gasteiger partial charge in [0, 0.05) is 18.0 Å². The minimum absolute atomic E-state index is 0.0162. The lowest BCUT2D eigenvalue weighted by Crippen LogP contribution is -2.39. The van der Waals surface area contributed by atoms with Crippen LogP contribution < -0.4 is 0 Å². The molecule has 1 amide bonds. The first kappa shape index (κ1) is 15.1. The second-order valence-corrected chi connectivity index (χ2v) is 6.83. The van der Waals surface area contributed by atoms with Crippen molar-refractivity contribution >= 4 is 17.2 Å². The number of nitrogens with zero attached hydrogens (tertiary/aromatic N) is 2. The fourth-order valence-electron chi connectivity index (χ4n) is 2.88. The fourth-order valence-corrected chi connectivity index (χ4v) is 3.87. The predicted molar refractivity (Wildman–Crippen MR) is 81.6 cm³/mol. The second-order valence-electron chi connectivity index (χ2n) is 5.83. The molecule has 108 valence electrons. The van der Waals surface area contributed by atoms with Crippen LogP contribution in [-0.4, -0.2) is 23.9 Å². The number of amides is 1. The zero-order valence-electron chi connectivity index (χ0n) is 12.3. The Bertz CT molecular complexity index is 501. The van der Waals surface area contributed by atoms with Gasteiger partial charge >= 0.3 is 0 Å². The molecule has 4 heteroatoms. The summed E-state index contributed by atoms with van der Waals surface area (Å²) < 4.78 is 0. The molecule has 0 aliphatic heterocycles. The molecule has 1 aromatic heterocycles. The molecule has 1 atom stereocenters. The standard InChI is InChI=1S/C16H22N2OS/c1-12(2)11-18(9-4-8-17)16(19)14-5-3-6-15-13(14)7-10-20-15/h7,10,12,14H,3-6,9,11H2,1-2H3. The summed E-state index contributed by atoms with van der Waals surface area (Å²) in [6.07, 6.45) is 3.57. The minimum atomic E-state index is 0.0162. The highest BCUT2D eigenvalue weighted by molar-refractivity contribution is 7.10. The van der Waals surface area contributed by atoms with Crippen molar-refractivity contribution < 1.29 is 4.79 Å². The van der Waals surface area contributed by atoms with Gasteiger partial charge in [-0.3, -0.25) is 4.79 Å². The predicted octanol–water partition coefficient (Wildman–Crippen LogP) is 3.57. The average Bonchev–Trinajstić information content (AvgIpc) is 2.90. The van der Waals surface area contributed by atoms with Crippen LogP contribution in [0.1, 0.15) is 49.5 Å². The zero-order chi connectivity index (χ0) is 14.5. The molecule has 1 aliphatic rings. The van der Waals surface area contributed by atoms with E-state index in [1.807, 2.05) is 4.90 Å². The van der Waals surface area contributed by atoms with Crippen LogP contribution >= 0.6 is 11.3 Å². The molecule has 0 aromatic carbocycles. The normalized spacial score (nSPS) is 17.6. The molecule has 0 saturated heterocycles. The highest BCUT2D eigenvalue weighted by atomic mass is 32.1. The lowest BCUT2D eigenvalue weighted by Gasteiger charge is -2.30. The highest BCUT2D eigenvalue weighted by Crippen LogP contribution is 2.36. The molecule has 20 heavy (non-hydrogen) atoms. The van der Waals surface area contributed by atoms with Crippen molar-refractivity contribution in [3.63, 3.8) is 0 Å². The zero-order valence-corrected chi connectivity index (χ0v) is 13.1. The van der Waals surface area contributed by atoms with Gasteiger partial charge in [0.1, 0.15) is 0 Å². The number of aryl methyl sites for hydroxylation is 1. The van der Waals surface area contributed by atoms with Crippen LogP contribution in [-0.2, 0) is 11.2 Å². The number of carbonyl (C=O) groups excluding carboxylic acids is 1.